The molecular weight excluding hydrogens is 124 g/mol. The van der Waals surface area contributed by atoms with Crippen molar-refractivity contribution in [2.45, 2.75) is 0 Å². The van der Waals surface area contributed by atoms with Crippen molar-refractivity contribution in [3.05, 3.63) is 0 Å². The third kappa shape index (κ3) is 11.0. The fourth-order valence-electron chi connectivity index (χ4n) is 0.361. The number of nitrogens with two attached hydrogens (primary N) is 1. The molecule has 0 radical (unpaired) electrons. The van der Waals surface area contributed by atoms with E-state index in [-0.39, 0.29) is 0 Å². The Kier molecular flexibility index (Phi) is 4.85. The molecule has 5 nitrogen and oxygen atoms in total. The number of amides is 1. The van der Waals surface area contributed by atoms with Gasteiger partial charge in [-0.3, -0.25) is 5.32 Å². The molecule has 0 aromatic carbocycles. The summed E-state index contributed by atoms with van der Waals surface area (Å²) in [5.74, 6) is 0. The fraction of sp³-hybridized carbons (Fsp3) is 0.750. The second kappa shape index (κ2) is 5.33. The SMILES string of the molecule is C1COCN1.NC(=O)O. The van der Waals surface area contributed by atoms with E-state index in [1.807, 2.05) is 0 Å². The van der Waals surface area contributed by atoms with Crippen LogP contribution in [0.4, 0.5) is 4.79 Å². The van der Waals surface area contributed by atoms with Crippen LogP contribution in [0.2, 0.25) is 0 Å². The van der Waals surface area contributed by atoms with Crippen LogP contribution >= 0.6 is 0 Å². The number of hydrogen-bond acceptors (Lipinski definition) is 3. The van der Waals surface area contributed by atoms with Gasteiger partial charge in [0.15, 0.2) is 0 Å². The van der Waals surface area contributed by atoms with Gasteiger partial charge in [-0.05, 0) is 0 Å². The summed E-state index contributed by atoms with van der Waals surface area (Å²) in [5, 5.41) is 10.2. The topological polar surface area (TPSA) is 84.6 Å². The van der Waals surface area contributed by atoms with Crippen molar-refractivity contribution in [3.63, 3.8) is 0 Å². The molecule has 0 bridgehead atoms. The first-order valence-corrected chi connectivity index (χ1v) is 2.50. The molecule has 0 aromatic heterocycles. The normalized spacial score (nSPS) is 16.0. The molecule has 5 heteroatoms. The molecule has 9 heavy (non-hydrogen) atoms. The van der Waals surface area contributed by atoms with E-state index in [9.17, 15) is 0 Å². The average Bonchev–Trinajstić information content (AvgIpc) is 2.11. The monoisotopic (exact) mass is 134 g/mol. The van der Waals surface area contributed by atoms with Crippen molar-refractivity contribution >= 4 is 6.09 Å². The maximum Gasteiger partial charge on any atom is 0.402 e. The van der Waals surface area contributed by atoms with Gasteiger partial charge in [0.1, 0.15) is 0 Å². The molecule has 0 unspecified atom stereocenters. The van der Waals surface area contributed by atoms with Crippen LogP contribution in [0.25, 0.3) is 0 Å². The van der Waals surface area contributed by atoms with Gasteiger partial charge in [-0.25, -0.2) is 4.79 Å². The highest BCUT2D eigenvalue weighted by molar-refractivity contribution is 5.61. The average molecular weight is 134 g/mol. The van der Waals surface area contributed by atoms with Crippen molar-refractivity contribution < 1.29 is 14.6 Å². The lowest BCUT2D eigenvalue weighted by atomic mass is 10.7. The quantitative estimate of drug-likeness (QED) is 0.404. The smallest absolute Gasteiger partial charge is 0.402 e. The highest BCUT2D eigenvalue weighted by atomic mass is 16.5. The van der Waals surface area contributed by atoms with Crippen LogP contribution in [0, 0.1) is 0 Å². The zero-order chi connectivity index (χ0) is 7.11. The van der Waals surface area contributed by atoms with Crippen LogP contribution in [0.1, 0.15) is 0 Å². The molecule has 0 aliphatic carbocycles. The largest absolute Gasteiger partial charge is 0.465 e. The Bertz CT molecular complexity index is 70.3. The van der Waals surface area contributed by atoms with Gasteiger partial charge in [0.2, 0.25) is 0 Å². The summed E-state index contributed by atoms with van der Waals surface area (Å²) in [6, 6.07) is 0. The Morgan fingerprint density at radius 1 is 1.78 bits per heavy atom. The lowest BCUT2D eigenvalue weighted by Gasteiger charge is -1.76. The molecule has 0 spiro atoms. The van der Waals surface area contributed by atoms with Gasteiger partial charge in [0.25, 0.3) is 0 Å². The molecule has 1 aliphatic heterocycles. The summed E-state index contributed by atoms with van der Waals surface area (Å²) in [7, 11) is 0. The number of hydrogen-bond donors (Lipinski definition) is 3. The second-order valence-electron chi connectivity index (χ2n) is 1.39. The first-order chi connectivity index (χ1) is 4.23. The van der Waals surface area contributed by atoms with Gasteiger partial charge in [0, 0.05) is 6.54 Å². The molecule has 1 rings (SSSR count). The van der Waals surface area contributed by atoms with Crippen LogP contribution in [-0.4, -0.2) is 31.1 Å². The van der Waals surface area contributed by atoms with E-state index in [4.69, 9.17) is 14.6 Å². The number of primary amides is 1. The van der Waals surface area contributed by atoms with E-state index >= 15 is 0 Å². The fourth-order valence-corrected chi connectivity index (χ4v) is 0.361. The summed E-state index contributed by atoms with van der Waals surface area (Å²) in [5.41, 5.74) is 4.03. The zero-order valence-electron chi connectivity index (χ0n) is 4.96. The zero-order valence-corrected chi connectivity index (χ0v) is 4.96. The minimum absolute atomic E-state index is 0.750. The molecule has 0 aromatic rings. The molecule has 1 fully saturated rings. The van der Waals surface area contributed by atoms with E-state index in [0.29, 0.717) is 0 Å². The third-order valence-electron chi connectivity index (χ3n) is 0.627. The number of ether oxygens (including phenoxy) is 1. The molecule has 1 saturated heterocycles. The predicted molar refractivity (Wildman–Crippen MR) is 31.0 cm³/mol. The third-order valence-corrected chi connectivity index (χ3v) is 0.627. The van der Waals surface area contributed by atoms with E-state index in [2.05, 4.69) is 11.1 Å². The van der Waals surface area contributed by atoms with Gasteiger partial charge >= 0.3 is 6.09 Å². The van der Waals surface area contributed by atoms with Crippen LogP contribution in [0.15, 0.2) is 0 Å². The van der Waals surface area contributed by atoms with Gasteiger partial charge < -0.3 is 15.6 Å². The first kappa shape index (κ1) is 8.19. The van der Waals surface area contributed by atoms with Crippen molar-refractivity contribution in [2.75, 3.05) is 19.9 Å². The molecule has 4 N–H and O–H groups in total. The lowest BCUT2D eigenvalue weighted by molar-refractivity contribution is 0.194. The number of rotatable bonds is 0. The maximum atomic E-state index is 8.78. The summed E-state index contributed by atoms with van der Waals surface area (Å²) < 4.78 is 4.83. The minimum atomic E-state index is -1.33. The molecule has 54 valence electrons. The van der Waals surface area contributed by atoms with Gasteiger partial charge in [-0.2, -0.15) is 0 Å². The van der Waals surface area contributed by atoms with E-state index in [1.54, 1.807) is 0 Å². The van der Waals surface area contributed by atoms with Crippen LogP contribution < -0.4 is 11.1 Å². The highest BCUT2D eigenvalue weighted by Gasteiger charge is 1.92. The van der Waals surface area contributed by atoms with Crippen molar-refractivity contribution in [3.8, 4) is 0 Å². The standard InChI is InChI=1S/C3H7NO.CH3NO2/c1-2-5-3-4-1;2-1(3)4/h4H,1-3H2;2H2,(H,3,4). The van der Waals surface area contributed by atoms with Crippen LogP contribution in [-0.2, 0) is 4.74 Å². The Balaban J connectivity index is 0.000000148. The Labute approximate surface area is 52.8 Å². The Morgan fingerprint density at radius 2 is 2.33 bits per heavy atom. The summed E-state index contributed by atoms with van der Waals surface area (Å²) in [6.45, 7) is 2.67. The first-order valence-electron chi connectivity index (χ1n) is 2.50. The molecular formula is C4H10N2O3. The van der Waals surface area contributed by atoms with Crippen LogP contribution in [0.3, 0.4) is 0 Å². The van der Waals surface area contributed by atoms with Gasteiger partial charge in [-0.1, -0.05) is 0 Å². The van der Waals surface area contributed by atoms with Crippen molar-refractivity contribution in [2.24, 2.45) is 5.73 Å². The van der Waals surface area contributed by atoms with E-state index < -0.39 is 6.09 Å². The molecule has 1 amide bonds. The Hall–Kier alpha value is -0.810. The van der Waals surface area contributed by atoms with E-state index in [1.165, 1.54) is 0 Å². The number of carboxylic acid groups (broad SMARTS) is 1. The van der Waals surface area contributed by atoms with Gasteiger partial charge in [0.05, 0.1) is 13.3 Å². The van der Waals surface area contributed by atoms with Gasteiger partial charge in [-0.15, -0.1) is 0 Å². The van der Waals surface area contributed by atoms with Crippen LogP contribution in [0.5, 0.6) is 0 Å². The van der Waals surface area contributed by atoms with Crippen molar-refractivity contribution in [1.29, 1.82) is 0 Å². The summed E-state index contributed by atoms with van der Waals surface area (Å²) >= 11 is 0. The highest BCUT2D eigenvalue weighted by Crippen LogP contribution is 1.75. The summed E-state index contributed by atoms with van der Waals surface area (Å²) in [6.07, 6.45) is -1.33. The lowest BCUT2D eigenvalue weighted by Crippen LogP contribution is -2.05. The summed E-state index contributed by atoms with van der Waals surface area (Å²) in [4.78, 5) is 8.78. The molecule has 1 aliphatic rings. The Morgan fingerprint density at radius 3 is 2.44 bits per heavy atom. The van der Waals surface area contributed by atoms with E-state index in [0.717, 1.165) is 19.9 Å². The molecule has 1 heterocycles. The molecule has 0 saturated carbocycles. The molecule has 0 atom stereocenters. The maximum absolute atomic E-state index is 8.78. The predicted octanol–water partition coefficient (Wildman–Crippen LogP) is -0.813. The minimum Gasteiger partial charge on any atom is -0.465 e. The second-order valence-corrected chi connectivity index (χ2v) is 1.39. The number of nitrogens with one attached hydrogen (secondary N) is 1. The van der Waals surface area contributed by atoms with Crippen molar-refractivity contribution in [1.82, 2.24) is 5.32 Å². The number of carbonyl (C=O) groups is 1.